The van der Waals surface area contributed by atoms with Crippen molar-refractivity contribution in [1.82, 2.24) is 14.7 Å². The zero-order valence-electron chi connectivity index (χ0n) is 11.0. The van der Waals surface area contributed by atoms with Gasteiger partial charge in [0.05, 0.1) is 6.20 Å². The number of hydrogen-bond acceptors (Lipinski definition) is 3. The lowest BCUT2D eigenvalue weighted by molar-refractivity contribution is 0.240. The van der Waals surface area contributed by atoms with Crippen LogP contribution in [0.5, 0.6) is 0 Å². The monoisotopic (exact) mass is 236 g/mol. The highest BCUT2D eigenvalue weighted by atomic mass is 15.3. The second kappa shape index (κ2) is 5.65. The van der Waals surface area contributed by atoms with Crippen molar-refractivity contribution < 1.29 is 0 Å². The van der Waals surface area contributed by atoms with Crippen molar-refractivity contribution in [3.8, 4) is 0 Å². The number of rotatable bonds is 7. The van der Waals surface area contributed by atoms with Crippen molar-refractivity contribution >= 4 is 0 Å². The zero-order valence-corrected chi connectivity index (χ0v) is 11.0. The Labute approximate surface area is 104 Å². The van der Waals surface area contributed by atoms with Crippen LogP contribution in [-0.2, 0) is 6.54 Å². The van der Waals surface area contributed by atoms with Crippen molar-refractivity contribution in [2.45, 2.75) is 38.8 Å². The number of aromatic nitrogens is 2. The van der Waals surface area contributed by atoms with Gasteiger partial charge in [-0.05, 0) is 32.2 Å². The molecule has 1 saturated carbocycles. The van der Waals surface area contributed by atoms with Crippen molar-refractivity contribution in [3.05, 3.63) is 18.0 Å². The number of likely N-dealkylation sites (N-methyl/N-ethyl adjacent to an activating group) is 1. The first-order valence-electron chi connectivity index (χ1n) is 6.67. The van der Waals surface area contributed by atoms with Crippen LogP contribution in [0.2, 0.25) is 0 Å². The summed E-state index contributed by atoms with van der Waals surface area (Å²) in [5.41, 5.74) is 7.16. The van der Waals surface area contributed by atoms with Crippen LogP contribution in [0.4, 0.5) is 0 Å². The Balaban J connectivity index is 1.99. The van der Waals surface area contributed by atoms with Gasteiger partial charge in [0, 0.05) is 37.4 Å². The van der Waals surface area contributed by atoms with Crippen molar-refractivity contribution in [3.63, 3.8) is 0 Å². The number of nitrogens with two attached hydrogens (primary N) is 1. The summed E-state index contributed by atoms with van der Waals surface area (Å²) in [6.45, 7) is 4.99. The van der Waals surface area contributed by atoms with Crippen LogP contribution in [0.25, 0.3) is 0 Å². The quantitative estimate of drug-likeness (QED) is 0.783. The Hall–Kier alpha value is -0.870. The van der Waals surface area contributed by atoms with Gasteiger partial charge in [-0.3, -0.25) is 9.58 Å². The molecule has 1 fully saturated rings. The fourth-order valence-corrected chi connectivity index (χ4v) is 2.31. The second-order valence-electron chi connectivity index (χ2n) is 5.17. The SMILES string of the molecule is CCCn1cc(C(CN)N(C)CC2CC2)cn1. The van der Waals surface area contributed by atoms with E-state index < -0.39 is 0 Å². The molecule has 1 atom stereocenters. The topological polar surface area (TPSA) is 47.1 Å². The van der Waals surface area contributed by atoms with Crippen LogP contribution in [0.3, 0.4) is 0 Å². The third-order valence-electron chi connectivity index (χ3n) is 3.49. The molecule has 17 heavy (non-hydrogen) atoms. The lowest BCUT2D eigenvalue weighted by atomic mass is 10.1. The van der Waals surface area contributed by atoms with Crippen molar-refractivity contribution in [2.75, 3.05) is 20.1 Å². The summed E-state index contributed by atoms with van der Waals surface area (Å²) in [6.07, 6.45) is 8.00. The molecule has 0 spiro atoms. The first-order valence-corrected chi connectivity index (χ1v) is 6.67. The maximum absolute atomic E-state index is 5.91. The molecule has 96 valence electrons. The summed E-state index contributed by atoms with van der Waals surface area (Å²) < 4.78 is 2.02. The van der Waals surface area contributed by atoms with Gasteiger partial charge in [-0.15, -0.1) is 0 Å². The molecule has 2 rings (SSSR count). The van der Waals surface area contributed by atoms with E-state index in [1.807, 2.05) is 10.9 Å². The summed E-state index contributed by atoms with van der Waals surface area (Å²) in [6, 6.07) is 0.321. The molecule has 4 nitrogen and oxygen atoms in total. The van der Waals surface area contributed by atoms with Gasteiger partial charge in [0.25, 0.3) is 0 Å². The third kappa shape index (κ3) is 3.30. The molecule has 1 aliphatic carbocycles. The van der Waals surface area contributed by atoms with Gasteiger partial charge in [0.15, 0.2) is 0 Å². The molecule has 1 aromatic rings. The number of hydrogen-bond donors (Lipinski definition) is 1. The second-order valence-corrected chi connectivity index (χ2v) is 5.17. The molecule has 1 unspecified atom stereocenters. The first-order chi connectivity index (χ1) is 8.24. The van der Waals surface area contributed by atoms with E-state index >= 15 is 0 Å². The molecule has 0 aromatic carbocycles. The van der Waals surface area contributed by atoms with Crippen LogP contribution in [0.15, 0.2) is 12.4 Å². The fraction of sp³-hybridized carbons (Fsp3) is 0.769. The average Bonchev–Trinajstić information content (AvgIpc) is 2.99. The van der Waals surface area contributed by atoms with Gasteiger partial charge >= 0.3 is 0 Å². The Bertz CT molecular complexity index is 343. The Morgan fingerprint density at radius 2 is 2.35 bits per heavy atom. The lowest BCUT2D eigenvalue weighted by Gasteiger charge is -2.25. The highest BCUT2D eigenvalue weighted by molar-refractivity contribution is 5.11. The van der Waals surface area contributed by atoms with E-state index in [1.54, 1.807) is 0 Å². The van der Waals surface area contributed by atoms with Gasteiger partial charge in [-0.2, -0.15) is 5.10 Å². The molecule has 0 bridgehead atoms. The Morgan fingerprint density at radius 1 is 1.59 bits per heavy atom. The van der Waals surface area contributed by atoms with Crippen LogP contribution in [-0.4, -0.2) is 34.8 Å². The molecule has 0 aliphatic heterocycles. The molecule has 2 N–H and O–H groups in total. The smallest absolute Gasteiger partial charge is 0.0538 e. The molecule has 1 heterocycles. The summed E-state index contributed by atoms with van der Waals surface area (Å²) in [5, 5.41) is 4.39. The lowest BCUT2D eigenvalue weighted by Crippen LogP contribution is -2.31. The van der Waals surface area contributed by atoms with Gasteiger partial charge in [-0.25, -0.2) is 0 Å². The summed E-state index contributed by atoms with van der Waals surface area (Å²) in [7, 11) is 2.17. The summed E-state index contributed by atoms with van der Waals surface area (Å²) in [5.74, 6) is 0.903. The number of nitrogens with zero attached hydrogens (tertiary/aromatic N) is 3. The van der Waals surface area contributed by atoms with E-state index in [2.05, 4.69) is 30.2 Å². The van der Waals surface area contributed by atoms with E-state index in [4.69, 9.17) is 5.73 Å². The molecular formula is C13H24N4. The van der Waals surface area contributed by atoms with E-state index in [0.29, 0.717) is 12.6 Å². The standard InChI is InChI=1S/C13H24N4/c1-3-6-17-10-12(8-15-17)13(7-14)16(2)9-11-4-5-11/h8,10-11,13H,3-7,9,14H2,1-2H3. The highest BCUT2D eigenvalue weighted by Crippen LogP contribution is 2.31. The highest BCUT2D eigenvalue weighted by Gasteiger charge is 2.26. The molecule has 4 heteroatoms. The molecule has 0 saturated heterocycles. The minimum atomic E-state index is 0.321. The van der Waals surface area contributed by atoms with E-state index in [1.165, 1.54) is 24.9 Å². The number of aryl methyl sites for hydroxylation is 1. The third-order valence-corrected chi connectivity index (χ3v) is 3.49. The summed E-state index contributed by atoms with van der Waals surface area (Å²) >= 11 is 0. The predicted molar refractivity (Wildman–Crippen MR) is 69.7 cm³/mol. The minimum Gasteiger partial charge on any atom is -0.329 e. The maximum atomic E-state index is 5.91. The van der Waals surface area contributed by atoms with E-state index in [9.17, 15) is 0 Å². The van der Waals surface area contributed by atoms with Crippen LogP contribution in [0, 0.1) is 5.92 Å². The van der Waals surface area contributed by atoms with Crippen LogP contribution >= 0.6 is 0 Å². The fourth-order valence-electron chi connectivity index (χ4n) is 2.31. The van der Waals surface area contributed by atoms with Crippen LogP contribution in [0.1, 0.15) is 37.8 Å². The maximum Gasteiger partial charge on any atom is 0.0538 e. The predicted octanol–water partition coefficient (Wildman–Crippen LogP) is 1.63. The van der Waals surface area contributed by atoms with Crippen molar-refractivity contribution in [1.29, 1.82) is 0 Å². The van der Waals surface area contributed by atoms with Crippen LogP contribution < -0.4 is 5.73 Å². The van der Waals surface area contributed by atoms with E-state index in [0.717, 1.165) is 18.9 Å². The molecule has 1 aliphatic rings. The average molecular weight is 236 g/mol. The molecule has 1 aromatic heterocycles. The molecular weight excluding hydrogens is 212 g/mol. The van der Waals surface area contributed by atoms with Crippen molar-refractivity contribution in [2.24, 2.45) is 11.7 Å². The van der Waals surface area contributed by atoms with Gasteiger partial charge in [0.2, 0.25) is 0 Å². The van der Waals surface area contributed by atoms with Gasteiger partial charge < -0.3 is 5.73 Å². The molecule has 0 radical (unpaired) electrons. The Morgan fingerprint density at radius 3 is 2.94 bits per heavy atom. The van der Waals surface area contributed by atoms with Gasteiger partial charge in [-0.1, -0.05) is 6.92 Å². The van der Waals surface area contributed by atoms with E-state index in [-0.39, 0.29) is 0 Å². The first kappa shape index (κ1) is 12.6. The normalized spacial score (nSPS) is 17.6. The van der Waals surface area contributed by atoms with Gasteiger partial charge in [0.1, 0.15) is 0 Å². The zero-order chi connectivity index (χ0) is 12.3. The summed E-state index contributed by atoms with van der Waals surface area (Å²) in [4.78, 5) is 2.38. The minimum absolute atomic E-state index is 0.321. The largest absolute Gasteiger partial charge is 0.329 e. The molecule has 0 amide bonds. The Kier molecular flexibility index (Phi) is 4.18.